The molecule has 2 aromatic carbocycles. The minimum Gasteiger partial charge on any atom is -0.487 e. The third-order valence-corrected chi connectivity index (χ3v) is 8.76. The van der Waals surface area contributed by atoms with Crippen molar-refractivity contribution in [3.05, 3.63) is 92.1 Å². The van der Waals surface area contributed by atoms with Crippen LogP contribution in [0.3, 0.4) is 0 Å². The molecule has 0 aliphatic carbocycles. The van der Waals surface area contributed by atoms with E-state index in [9.17, 15) is 24.6 Å². The Labute approximate surface area is 267 Å². The summed E-state index contributed by atoms with van der Waals surface area (Å²) < 4.78 is 12.5. The average molecular weight is 617 g/mol. The first-order valence-electron chi connectivity index (χ1n) is 15.7. The van der Waals surface area contributed by atoms with Crippen LogP contribution in [0.5, 0.6) is 11.5 Å². The molecule has 0 fully saturated rings. The second kappa shape index (κ2) is 15.2. The molecular weight excluding hydrogens is 568 g/mol. The van der Waals surface area contributed by atoms with Crippen LogP contribution in [0.1, 0.15) is 133 Å². The topological polar surface area (TPSA) is 110 Å². The summed E-state index contributed by atoms with van der Waals surface area (Å²) in [5.74, 6) is -2.37. The van der Waals surface area contributed by atoms with Crippen molar-refractivity contribution in [1.82, 2.24) is 0 Å². The summed E-state index contributed by atoms with van der Waals surface area (Å²) in [6, 6.07) is 3.30. The van der Waals surface area contributed by atoms with Crippen molar-refractivity contribution >= 4 is 17.9 Å². The molecule has 7 nitrogen and oxygen atoms in total. The van der Waals surface area contributed by atoms with Crippen LogP contribution in [0, 0.1) is 20.8 Å². The van der Waals surface area contributed by atoms with E-state index in [-0.39, 0.29) is 22.3 Å². The summed E-state index contributed by atoms with van der Waals surface area (Å²) in [6.07, 6.45) is 14.6. The molecule has 1 aliphatic heterocycles. The van der Waals surface area contributed by atoms with E-state index in [1.165, 1.54) is 16.7 Å². The van der Waals surface area contributed by atoms with Crippen molar-refractivity contribution in [3.8, 4) is 11.5 Å². The van der Waals surface area contributed by atoms with Crippen molar-refractivity contribution in [2.45, 2.75) is 112 Å². The number of carbonyl (C=O) groups is 3. The quantitative estimate of drug-likeness (QED) is 0.131. The number of aromatic carboxylic acids is 2. The molecule has 45 heavy (non-hydrogen) atoms. The number of benzene rings is 2. The van der Waals surface area contributed by atoms with E-state index in [0.29, 0.717) is 5.75 Å². The number of hydrogen-bond acceptors (Lipinski definition) is 5. The predicted octanol–water partition coefficient (Wildman–Crippen LogP) is 9.51. The number of carboxylic acid groups (broad SMARTS) is 2. The van der Waals surface area contributed by atoms with Gasteiger partial charge in [0.2, 0.25) is 0 Å². The first kappa shape index (κ1) is 35.4. The summed E-state index contributed by atoms with van der Waals surface area (Å²) in [6.45, 7) is 16.5. The van der Waals surface area contributed by atoms with Gasteiger partial charge in [-0.1, -0.05) is 34.9 Å². The lowest BCUT2D eigenvalue weighted by molar-refractivity contribution is 0.0553. The van der Waals surface area contributed by atoms with Crippen LogP contribution in [0.2, 0.25) is 0 Å². The van der Waals surface area contributed by atoms with Gasteiger partial charge in [-0.05, 0) is 142 Å². The summed E-state index contributed by atoms with van der Waals surface area (Å²) in [5.41, 5.74) is 6.34. The summed E-state index contributed by atoms with van der Waals surface area (Å²) in [4.78, 5) is 36.4. The third-order valence-electron chi connectivity index (χ3n) is 8.76. The zero-order valence-corrected chi connectivity index (χ0v) is 28.1. The monoisotopic (exact) mass is 616 g/mol. The number of rotatable bonds is 13. The maximum absolute atomic E-state index is 13.2. The molecule has 1 aliphatic rings. The Morgan fingerprint density at radius 3 is 2.07 bits per heavy atom. The Hall–Kier alpha value is -4.13. The van der Waals surface area contributed by atoms with Crippen LogP contribution >= 0.6 is 0 Å². The van der Waals surface area contributed by atoms with Gasteiger partial charge in [0.25, 0.3) is 0 Å². The lowest BCUT2D eigenvalue weighted by atomic mass is 9.85. The molecule has 3 rings (SSSR count). The molecule has 1 atom stereocenters. The lowest BCUT2D eigenvalue weighted by Crippen LogP contribution is -2.37. The van der Waals surface area contributed by atoms with Crippen LogP contribution in [0.25, 0.3) is 0 Å². The van der Waals surface area contributed by atoms with E-state index in [0.717, 1.165) is 97.6 Å². The zero-order chi connectivity index (χ0) is 33.5. The van der Waals surface area contributed by atoms with Gasteiger partial charge in [-0.3, -0.25) is 0 Å². The van der Waals surface area contributed by atoms with Gasteiger partial charge in [0, 0.05) is 5.56 Å². The van der Waals surface area contributed by atoms with Crippen LogP contribution in [-0.4, -0.2) is 33.7 Å². The molecule has 7 heteroatoms. The smallest absolute Gasteiger partial charge is 0.344 e. The third kappa shape index (κ3) is 9.19. The Morgan fingerprint density at radius 1 is 0.844 bits per heavy atom. The van der Waals surface area contributed by atoms with Gasteiger partial charge >= 0.3 is 17.9 Å². The van der Waals surface area contributed by atoms with Gasteiger partial charge < -0.3 is 19.7 Å². The molecule has 0 bridgehead atoms. The van der Waals surface area contributed by atoms with E-state index < -0.39 is 17.9 Å². The summed E-state index contributed by atoms with van der Waals surface area (Å²) >= 11 is 0. The molecule has 242 valence electrons. The number of carbonyl (C=O) groups excluding carboxylic acids is 1. The van der Waals surface area contributed by atoms with Gasteiger partial charge in [0.15, 0.2) is 0 Å². The molecular formula is C38H48O7. The molecule has 0 aromatic heterocycles. The SMILES string of the molecule is CC(C)=CCCC(C)=CCCC(C)=CCCC1(C)CCc2c(C)c(OC(=O)c3cc(C(=O)O)ccc3C(=O)O)c(C)c(C)c2O1. The minimum absolute atomic E-state index is 0.197. The van der Waals surface area contributed by atoms with Crippen molar-refractivity contribution < 1.29 is 34.1 Å². The van der Waals surface area contributed by atoms with Gasteiger partial charge in [0.05, 0.1) is 16.7 Å². The second-order valence-corrected chi connectivity index (χ2v) is 12.8. The normalized spacial score (nSPS) is 16.4. The molecule has 2 aromatic rings. The van der Waals surface area contributed by atoms with Crippen LogP contribution in [-0.2, 0) is 6.42 Å². The highest BCUT2D eigenvalue weighted by molar-refractivity contribution is 6.05. The molecule has 0 spiro atoms. The lowest BCUT2D eigenvalue weighted by Gasteiger charge is -2.38. The first-order valence-corrected chi connectivity index (χ1v) is 15.7. The molecule has 1 unspecified atom stereocenters. The van der Waals surface area contributed by atoms with E-state index in [4.69, 9.17) is 9.47 Å². The van der Waals surface area contributed by atoms with Crippen molar-refractivity contribution in [1.29, 1.82) is 0 Å². The van der Waals surface area contributed by atoms with Crippen LogP contribution < -0.4 is 9.47 Å². The fourth-order valence-corrected chi connectivity index (χ4v) is 5.75. The highest BCUT2D eigenvalue weighted by Gasteiger charge is 2.35. The van der Waals surface area contributed by atoms with E-state index in [1.54, 1.807) is 0 Å². The molecule has 0 amide bonds. The summed E-state index contributed by atoms with van der Waals surface area (Å²) in [5, 5.41) is 18.9. The van der Waals surface area contributed by atoms with E-state index in [2.05, 4.69) is 52.8 Å². The molecule has 1 heterocycles. The predicted molar refractivity (Wildman–Crippen MR) is 178 cm³/mol. The highest BCUT2D eigenvalue weighted by Crippen LogP contribution is 2.45. The van der Waals surface area contributed by atoms with Crippen LogP contribution in [0.4, 0.5) is 0 Å². The number of esters is 1. The van der Waals surface area contributed by atoms with Crippen molar-refractivity contribution in [3.63, 3.8) is 0 Å². The second-order valence-electron chi connectivity index (χ2n) is 12.8. The van der Waals surface area contributed by atoms with E-state index in [1.807, 2.05) is 20.8 Å². The van der Waals surface area contributed by atoms with Crippen molar-refractivity contribution in [2.75, 3.05) is 0 Å². The molecule has 2 N–H and O–H groups in total. The minimum atomic E-state index is -1.34. The standard InChI is InChI=1S/C38H48O7/c1-23(2)12-9-13-24(3)14-10-15-25(4)16-11-20-38(8)21-19-30-28(7)33(26(5)27(6)34(30)45-38)44-37(43)32-22-29(35(39)40)17-18-31(32)36(41)42/h12,14,16-18,22H,9-11,13,15,19-21H2,1-8H3,(H,39,40)(H,41,42). The number of allylic oxidation sites excluding steroid dienone is 6. The fraction of sp³-hybridized carbons (Fsp3) is 0.447. The fourth-order valence-electron chi connectivity index (χ4n) is 5.75. The van der Waals surface area contributed by atoms with E-state index >= 15 is 0 Å². The van der Waals surface area contributed by atoms with Crippen LogP contribution in [0.15, 0.2) is 53.1 Å². The van der Waals surface area contributed by atoms with Gasteiger partial charge in [-0.25, -0.2) is 14.4 Å². The Kier molecular flexibility index (Phi) is 12.0. The van der Waals surface area contributed by atoms with Gasteiger partial charge in [-0.15, -0.1) is 0 Å². The average Bonchev–Trinajstić information content (AvgIpc) is 2.97. The Bertz CT molecular complexity index is 1550. The summed E-state index contributed by atoms with van der Waals surface area (Å²) in [7, 11) is 0. The van der Waals surface area contributed by atoms with Gasteiger partial charge in [0.1, 0.15) is 17.1 Å². The maximum atomic E-state index is 13.2. The number of ether oxygens (including phenoxy) is 2. The number of carboxylic acids is 2. The Morgan fingerprint density at radius 2 is 1.47 bits per heavy atom. The number of hydrogen-bond donors (Lipinski definition) is 2. The maximum Gasteiger partial charge on any atom is 0.344 e. The van der Waals surface area contributed by atoms with Crippen molar-refractivity contribution in [2.24, 2.45) is 0 Å². The first-order chi connectivity index (χ1) is 21.1. The zero-order valence-electron chi connectivity index (χ0n) is 28.1. The molecule has 0 saturated heterocycles. The molecule has 0 saturated carbocycles. The Balaban J connectivity index is 1.71. The highest BCUT2D eigenvalue weighted by atomic mass is 16.5. The van der Waals surface area contributed by atoms with Gasteiger partial charge in [-0.2, -0.15) is 0 Å². The number of fused-ring (bicyclic) bond motifs is 1. The molecule has 0 radical (unpaired) electrons. The largest absolute Gasteiger partial charge is 0.487 e.